The molecule has 0 saturated carbocycles. The Bertz CT molecular complexity index is 964. The first-order chi connectivity index (χ1) is 15.0. The zero-order valence-electron chi connectivity index (χ0n) is 17.9. The third kappa shape index (κ3) is 6.49. The minimum atomic E-state index is -0.941. The standard InChI is InChI=1S/C26H30N2O3/c1-20(23-11-7-21(8-12-23)15-16-26(27,18-29)19-30)28-31-17-22-9-13-25(14-10-22)24-5-3-2-4-6-24/h2-14,29-30H,15-19,27H2,1H3. The number of benzene rings is 3. The fourth-order valence-corrected chi connectivity index (χ4v) is 3.19. The van der Waals surface area contributed by atoms with Crippen molar-refractivity contribution >= 4 is 5.71 Å². The molecule has 162 valence electrons. The van der Waals surface area contributed by atoms with Crippen LogP contribution in [0.3, 0.4) is 0 Å². The van der Waals surface area contributed by atoms with Gasteiger partial charge >= 0.3 is 0 Å². The highest BCUT2D eigenvalue weighted by Gasteiger charge is 2.22. The quantitative estimate of drug-likeness (QED) is 0.344. The molecule has 0 aliphatic heterocycles. The fourth-order valence-electron chi connectivity index (χ4n) is 3.19. The van der Waals surface area contributed by atoms with E-state index in [1.807, 2.05) is 49.4 Å². The molecule has 0 bridgehead atoms. The highest BCUT2D eigenvalue weighted by atomic mass is 16.6. The second kappa shape index (κ2) is 10.9. The fraction of sp³-hybridized carbons (Fsp3) is 0.269. The van der Waals surface area contributed by atoms with Crippen LogP contribution in [0.25, 0.3) is 11.1 Å². The lowest BCUT2D eigenvalue weighted by molar-refractivity contribution is 0.115. The van der Waals surface area contributed by atoms with E-state index in [0.29, 0.717) is 19.4 Å². The van der Waals surface area contributed by atoms with Gasteiger partial charge in [-0.1, -0.05) is 84.0 Å². The molecule has 0 amide bonds. The van der Waals surface area contributed by atoms with Crippen molar-refractivity contribution in [2.75, 3.05) is 13.2 Å². The molecule has 3 aromatic carbocycles. The van der Waals surface area contributed by atoms with Gasteiger partial charge in [-0.15, -0.1) is 0 Å². The molecule has 0 heterocycles. The van der Waals surface area contributed by atoms with Crippen molar-refractivity contribution in [1.29, 1.82) is 0 Å². The second-order valence-electron chi connectivity index (χ2n) is 7.89. The van der Waals surface area contributed by atoms with Gasteiger partial charge in [0.15, 0.2) is 0 Å². The summed E-state index contributed by atoms with van der Waals surface area (Å²) in [5.74, 6) is 0. The van der Waals surface area contributed by atoms with E-state index < -0.39 is 5.54 Å². The van der Waals surface area contributed by atoms with E-state index in [2.05, 4.69) is 41.6 Å². The molecular weight excluding hydrogens is 388 g/mol. The lowest BCUT2D eigenvalue weighted by Gasteiger charge is -2.24. The van der Waals surface area contributed by atoms with Crippen LogP contribution >= 0.6 is 0 Å². The van der Waals surface area contributed by atoms with E-state index in [-0.39, 0.29) is 13.2 Å². The Hall–Kier alpha value is -2.99. The van der Waals surface area contributed by atoms with Gasteiger partial charge in [0, 0.05) is 0 Å². The highest BCUT2D eigenvalue weighted by molar-refractivity contribution is 5.98. The van der Waals surface area contributed by atoms with Gasteiger partial charge in [-0.25, -0.2) is 0 Å². The molecule has 0 spiro atoms. The number of oxime groups is 1. The molecule has 0 fully saturated rings. The van der Waals surface area contributed by atoms with Crippen LogP contribution in [0, 0.1) is 0 Å². The minimum Gasteiger partial charge on any atom is -0.394 e. The molecule has 0 aliphatic carbocycles. The van der Waals surface area contributed by atoms with Crippen molar-refractivity contribution in [2.45, 2.75) is 31.9 Å². The van der Waals surface area contributed by atoms with Crippen LogP contribution in [0.5, 0.6) is 0 Å². The highest BCUT2D eigenvalue weighted by Crippen LogP contribution is 2.19. The summed E-state index contributed by atoms with van der Waals surface area (Å²) in [4.78, 5) is 5.55. The van der Waals surface area contributed by atoms with Crippen molar-refractivity contribution in [3.05, 3.63) is 95.6 Å². The van der Waals surface area contributed by atoms with Gasteiger partial charge in [-0.2, -0.15) is 0 Å². The average Bonchev–Trinajstić information content (AvgIpc) is 2.84. The molecule has 0 aromatic heterocycles. The molecule has 0 unspecified atom stereocenters. The van der Waals surface area contributed by atoms with E-state index in [4.69, 9.17) is 10.6 Å². The number of aliphatic hydroxyl groups excluding tert-OH is 2. The summed E-state index contributed by atoms with van der Waals surface area (Å²) in [6.07, 6.45) is 1.20. The minimum absolute atomic E-state index is 0.236. The normalized spacial score (nSPS) is 12.1. The van der Waals surface area contributed by atoms with Crippen LogP contribution in [-0.2, 0) is 17.9 Å². The molecule has 5 nitrogen and oxygen atoms in total. The van der Waals surface area contributed by atoms with Gasteiger partial charge in [0.1, 0.15) is 6.61 Å². The smallest absolute Gasteiger partial charge is 0.142 e. The summed E-state index contributed by atoms with van der Waals surface area (Å²) in [5, 5.41) is 22.8. The molecule has 5 heteroatoms. The summed E-state index contributed by atoms with van der Waals surface area (Å²) >= 11 is 0. The molecule has 3 rings (SSSR count). The average molecular weight is 419 g/mol. The Morgan fingerprint density at radius 1 is 0.839 bits per heavy atom. The number of nitrogens with two attached hydrogens (primary N) is 1. The summed E-state index contributed by atoms with van der Waals surface area (Å²) in [5.41, 5.74) is 11.3. The SMILES string of the molecule is CC(=NOCc1ccc(-c2ccccc2)cc1)c1ccc(CCC(N)(CO)CO)cc1. The zero-order valence-corrected chi connectivity index (χ0v) is 17.9. The number of hydrogen-bond acceptors (Lipinski definition) is 5. The van der Waals surface area contributed by atoms with E-state index in [9.17, 15) is 10.2 Å². The largest absolute Gasteiger partial charge is 0.394 e. The molecule has 3 aromatic rings. The Morgan fingerprint density at radius 3 is 2.03 bits per heavy atom. The summed E-state index contributed by atoms with van der Waals surface area (Å²) in [6.45, 7) is 1.85. The first kappa shape index (κ1) is 22.7. The van der Waals surface area contributed by atoms with E-state index >= 15 is 0 Å². The maximum atomic E-state index is 9.30. The molecular formula is C26H30N2O3. The Morgan fingerprint density at radius 2 is 1.42 bits per heavy atom. The number of aryl methyl sites for hydroxylation is 1. The predicted molar refractivity (Wildman–Crippen MR) is 125 cm³/mol. The van der Waals surface area contributed by atoms with Gasteiger partial charge in [-0.3, -0.25) is 0 Å². The van der Waals surface area contributed by atoms with Crippen LogP contribution in [0.2, 0.25) is 0 Å². The number of hydrogen-bond donors (Lipinski definition) is 3. The molecule has 0 saturated heterocycles. The molecule has 31 heavy (non-hydrogen) atoms. The van der Waals surface area contributed by atoms with E-state index in [1.165, 1.54) is 11.1 Å². The van der Waals surface area contributed by atoms with Gasteiger partial charge < -0.3 is 20.8 Å². The number of aliphatic hydroxyl groups is 2. The second-order valence-corrected chi connectivity index (χ2v) is 7.89. The molecule has 0 aliphatic rings. The van der Waals surface area contributed by atoms with Crippen molar-refractivity contribution in [3.63, 3.8) is 0 Å². The van der Waals surface area contributed by atoms with Gasteiger partial charge in [-0.05, 0) is 47.6 Å². The molecule has 4 N–H and O–H groups in total. The van der Waals surface area contributed by atoms with Crippen molar-refractivity contribution in [3.8, 4) is 11.1 Å². The summed E-state index contributed by atoms with van der Waals surface area (Å²) < 4.78 is 0. The zero-order chi connectivity index (χ0) is 22.1. The van der Waals surface area contributed by atoms with Crippen molar-refractivity contribution < 1.29 is 15.1 Å². The van der Waals surface area contributed by atoms with Crippen LogP contribution in [-0.4, -0.2) is 34.7 Å². The van der Waals surface area contributed by atoms with Crippen LogP contribution in [0.15, 0.2) is 84.0 Å². The van der Waals surface area contributed by atoms with E-state index in [1.54, 1.807) is 0 Å². The molecule has 0 radical (unpaired) electrons. The monoisotopic (exact) mass is 418 g/mol. The number of nitrogens with zero attached hydrogens (tertiary/aromatic N) is 1. The van der Waals surface area contributed by atoms with Crippen molar-refractivity contribution in [1.82, 2.24) is 0 Å². The lowest BCUT2D eigenvalue weighted by Crippen LogP contribution is -2.47. The van der Waals surface area contributed by atoms with Crippen LogP contribution < -0.4 is 5.73 Å². The third-order valence-corrected chi connectivity index (χ3v) is 5.41. The van der Waals surface area contributed by atoms with Gasteiger partial charge in [0.05, 0.1) is 24.5 Å². The first-order valence-electron chi connectivity index (χ1n) is 10.4. The Labute approximate surface area is 183 Å². The van der Waals surface area contributed by atoms with Gasteiger partial charge in [0.25, 0.3) is 0 Å². The summed E-state index contributed by atoms with van der Waals surface area (Å²) in [6, 6.07) is 26.5. The van der Waals surface area contributed by atoms with Gasteiger partial charge in [0.2, 0.25) is 0 Å². The first-order valence-corrected chi connectivity index (χ1v) is 10.4. The van der Waals surface area contributed by atoms with Crippen LogP contribution in [0.1, 0.15) is 30.0 Å². The third-order valence-electron chi connectivity index (χ3n) is 5.41. The number of rotatable bonds is 10. The van der Waals surface area contributed by atoms with Crippen LogP contribution in [0.4, 0.5) is 0 Å². The maximum Gasteiger partial charge on any atom is 0.142 e. The Balaban J connectivity index is 1.52. The predicted octanol–water partition coefficient (Wildman–Crippen LogP) is 3.91. The topological polar surface area (TPSA) is 88.1 Å². The van der Waals surface area contributed by atoms with E-state index in [0.717, 1.165) is 22.4 Å². The lowest BCUT2D eigenvalue weighted by atomic mass is 9.93. The molecule has 0 atom stereocenters. The summed E-state index contributed by atoms with van der Waals surface area (Å²) in [7, 11) is 0. The van der Waals surface area contributed by atoms with Crippen molar-refractivity contribution in [2.24, 2.45) is 10.9 Å². The maximum absolute atomic E-state index is 9.30. The Kier molecular flexibility index (Phi) is 7.95.